The molecule has 0 fully saturated rings. The molecule has 0 spiro atoms. The van der Waals surface area contributed by atoms with E-state index >= 15 is 0 Å². The summed E-state index contributed by atoms with van der Waals surface area (Å²) in [6, 6.07) is 17.5. The van der Waals surface area contributed by atoms with E-state index in [0.29, 0.717) is 16.7 Å². The summed E-state index contributed by atoms with van der Waals surface area (Å²) in [6.07, 6.45) is -6.07. The topological polar surface area (TPSA) is 121 Å². The van der Waals surface area contributed by atoms with Crippen molar-refractivity contribution in [1.29, 1.82) is 0 Å². The van der Waals surface area contributed by atoms with Crippen molar-refractivity contribution in [1.82, 2.24) is 0 Å². The van der Waals surface area contributed by atoms with Crippen molar-refractivity contribution in [2.45, 2.75) is 187 Å². The van der Waals surface area contributed by atoms with Crippen LogP contribution in [0.25, 0.3) is 0 Å². The molecule has 6 heteroatoms. The molecule has 0 aliphatic carbocycles. The molecule has 3 aromatic rings. The minimum absolute atomic E-state index is 0.210. The van der Waals surface area contributed by atoms with Gasteiger partial charge in [0.05, 0.1) is 6.61 Å². The molecule has 0 heterocycles. The summed E-state index contributed by atoms with van der Waals surface area (Å²) in [5.41, 5.74) is -1.56. The molecule has 0 radical (unpaired) electrons. The van der Waals surface area contributed by atoms with Gasteiger partial charge in [0.1, 0.15) is 18.3 Å². The third-order valence-electron chi connectivity index (χ3n) is 11.2. The van der Waals surface area contributed by atoms with Crippen LogP contribution in [0.15, 0.2) is 54.6 Å². The monoisotopic (exact) mass is 747 g/mol. The third-order valence-corrected chi connectivity index (χ3v) is 11.2. The highest BCUT2D eigenvalue weighted by Crippen LogP contribution is 2.55. The van der Waals surface area contributed by atoms with Crippen molar-refractivity contribution < 1.29 is 30.6 Å². The van der Waals surface area contributed by atoms with E-state index in [1.165, 1.54) is 0 Å². The maximum atomic E-state index is 14.4. The van der Waals surface area contributed by atoms with E-state index in [1.54, 1.807) is 6.07 Å². The highest BCUT2D eigenvalue weighted by atomic mass is 16.4. The SMILES string of the molecule is CC(C)(C)c1ccc(C(O)(c2ccc(C(C)(C)C)cc2C(C)(C)C)[C@@](O)(c2ccc(C(C)(C)C)cc2C(C)(C)C)[C@@H](O)[C@H](O)[C@H](O)CO)c(C(C)(C)C)c1. The number of aliphatic hydroxyl groups excluding tert-OH is 4. The molecule has 3 rings (SSSR count). The van der Waals surface area contributed by atoms with Gasteiger partial charge in [0.15, 0.2) is 11.2 Å². The fourth-order valence-electron chi connectivity index (χ4n) is 7.55. The summed E-state index contributed by atoms with van der Waals surface area (Å²) < 4.78 is 0. The Morgan fingerprint density at radius 3 is 0.944 bits per heavy atom. The standard InChI is InChI=1S/C48H74O6/c1-41(2,3)29-19-22-32(35(25-29)44(10,11)12)47(53,33-23-20-30(42(4,5)6)26-36(33)45(13,14)15)48(54,40(52)39(51)38(50)28-49)34-24-21-31(43(7,8)9)27-37(34)46(16,17)18/h19-27,38-40,49-54H,28H2,1-18H3/t38-,39-,40+,48-/m1/s1. The highest BCUT2D eigenvalue weighted by Gasteiger charge is 2.62. The van der Waals surface area contributed by atoms with E-state index in [2.05, 4.69) is 116 Å². The van der Waals surface area contributed by atoms with Crippen LogP contribution in [-0.4, -0.2) is 55.6 Å². The van der Waals surface area contributed by atoms with Gasteiger partial charge in [-0.15, -0.1) is 0 Å². The molecule has 6 nitrogen and oxygen atoms in total. The minimum atomic E-state index is -2.71. The minimum Gasteiger partial charge on any atom is -0.394 e. The average Bonchev–Trinajstić information content (AvgIpc) is 3.03. The molecule has 0 amide bonds. The first kappa shape index (κ1) is 45.8. The van der Waals surface area contributed by atoms with E-state index in [4.69, 9.17) is 0 Å². The lowest BCUT2D eigenvalue weighted by atomic mass is 9.58. The quantitative estimate of drug-likeness (QED) is 0.137. The van der Waals surface area contributed by atoms with E-state index < -0.39 is 52.4 Å². The fourth-order valence-corrected chi connectivity index (χ4v) is 7.55. The number of rotatable bonds is 8. The molecule has 302 valence electrons. The molecule has 54 heavy (non-hydrogen) atoms. The van der Waals surface area contributed by atoms with Crippen LogP contribution in [0.4, 0.5) is 0 Å². The van der Waals surface area contributed by atoms with E-state index in [-0.39, 0.29) is 21.8 Å². The van der Waals surface area contributed by atoms with Crippen molar-refractivity contribution in [2.24, 2.45) is 0 Å². The maximum absolute atomic E-state index is 14.4. The van der Waals surface area contributed by atoms with Crippen molar-refractivity contribution in [3.8, 4) is 0 Å². The Balaban J connectivity index is 2.90. The summed E-state index contributed by atoms with van der Waals surface area (Å²) in [6.45, 7) is 36.6. The highest BCUT2D eigenvalue weighted by molar-refractivity contribution is 5.57. The van der Waals surface area contributed by atoms with Crippen LogP contribution in [0.2, 0.25) is 0 Å². The Hall–Kier alpha value is -2.58. The number of benzene rings is 3. The Bertz CT molecular complexity index is 1700. The van der Waals surface area contributed by atoms with Gasteiger partial charge < -0.3 is 30.6 Å². The number of hydrogen-bond acceptors (Lipinski definition) is 6. The Morgan fingerprint density at radius 2 is 0.685 bits per heavy atom. The van der Waals surface area contributed by atoms with Crippen LogP contribution < -0.4 is 0 Å². The van der Waals surface area contributed by atoms with Gasteiger partial charge in [-0.05, 0) is 82.6 Å². The summed E-state index contributed by atoms with van der Waals surface area (Å²) in [4.78, 5) is 0. The van der Waals surface area contributed by atoms with Crippen molar-refractivity contribution in [3.63, 3.8) is 0 Å². The lowest BCUT2D eigenvalue weighted by Crippen LogP contribution is -2.64. The lowest BCUT2D eigenvalue weighted by Gasteiger charge is -2.52. The van der Waals surface area contributed by atoms with Crippen molar-refractivity contribution in [3.05, 3.63) is 105 Å². The van der Waals surface area contributed by atoms with Crippen LogP contribution in [0, 0.1) is 0 Å². The predicted molar refractivity (Wildman–Crippen MR) is 224 cm³/mol. The third kappa shape index (κ3) is 8.70. The van der Waals surface area contributed by atoms with Gasteiger partial charge in [-0.3, -0.25) is 0 Å². The van der Waals surface area contributed by atoms with Crippen molar-refractivity contribution >= 4 is 0 Å². The van der Waals surface area contributed by atoms with Crippen LogP contribution in [0.3, 0.4) is 0 Å². The van der Waals surface area contributed by atoms with Gasteiger partial charge in [-0.1, -0.05) is 179 Å². The van der Waals surface area contributed by atoms with Gasteiger partial charge in [0.25, 0.3) is 0 Å². The van der Waals surface area contributed by atoms with Crippen LogP contribution in [0.5, 0.6) is 0 Å². The molecule has 0 aliphatic heterocycles. The molecule has 0 saturated carbocycles. The Morgan fingerprint density at radius 1 is 0.407 bits per heavy atom. The number of aliphatic hydroxyl groups is 6. The first-order valence-corrected chi connectivity index (χ1v) is 19.6. The molecule has 0 aliphatic rings. The Kier molecular flexibility index (Phi) is 12.5. The first-order chi connectivity index (χ1) is 24.0. The summed E-state index contributed by atoms with van der Waals surface area (Å²) in [5, 5.41) is 74.0. The molecule has 0 unspecified atom stereocenters. The summed E-state index contributed by atoms with van der Waals surface area (Å²) in [5.74, 6) is 0. The Labute approximate surface area is 327 Å². The lowest BCUT2D eigenvalue weighted by molar-refractivity contribution is -0.234. The average molecular weight is 747 g/mol. The molecule has 4 atom stereocenters. The molecule has 6 N–H and O–H groups in total. The summed E-state index contributed by atoms with van der Waals surface area (Å²) >= 11 is 0. The second-order valence-corrected chi connectivity index (χ2v) is 21.9. The van der Waals surface area contributed by atoms with Crippen LogP contribution in [-0.2, 0) is 43.7 Å². The normalized spacial score (nSPS) is 16.9. The smallest absolute Gasteiger partial charge is 0.155 e. The van der Waals surface area contributed by atoms with Crippen LogP contribution in [0.1, 0.15) is 175 Å². The van der Waals surface area contributed by atoms with Crippen LogP contribution >= 0.6 is 0 Å². The predicted octanol–water partition coefficient (Wildman–Crippen LogP) is 8.67. The van der Waals surface area contributed by atoms with Gasteiger partial charge in [-0.2, -0.15) is 0 Å². The fraction of sp³-hybridized carbons (Fsp3) is 0.625. The zero-order chi connectivity index (χ0) is 42.0. The molecule has 0 bridgehead atoms. The number of hydrogen-bond donors (Lipinski definition) is 6. The zero-order valence-corrected chi connectivity index (χ0v) is 36.8. The largest absolute Gasteiger partial charge is 0.394 e. The van der Waals surface area contributed by atoms with Gasteiger partial charge in [0.2, 0.25) is 0 Å². The molecular formula is C48H74O6. The maximum Gasteiger partial charge on any atom is 0.155 e. The zero-order valence-electron chi connectivity index (χ0n) is 36.8. The molecule has 3 aromatic carbocycles. The van der Waals surface area contributed by atoms with E-state index in [9.17, 15) is 30.6 Å². The molecular weight excluding hydrogens is 673 g/mol. The van der Waals surface area contributed by atoms with E-state index in [0.717, 1.165) is 27.8 Å². The van der Waals surface area contributed by atoms with Gasteiger partial charge >= 0.3 is 0 Å². The second kappa shape index (κ2) is 14.7. The van der Waals surface area contributed by atoms with E-state index in [1.807, 2.05) is 57.2 Å². The first-order valence-electron chi connectivity index (χ1n) is 19.6. The summed E-state index contributed by atoms with van der Waals surface area (Å²) in [7, 11) is 0. The molecule has 0 aromatic heterocycles. The van der Waals surface area contributed by atoms with Gasteiger partial charge in [-0.25, -0.2) is 0 Å². The van der Waals surface area contributed by atoms with Crippen molar-refractivity contribution in [2.75, 3.05) is 6.61 Å². The van der Waals surface area contributed by atoms with Gasteiger partial charge in [0, 0.05) is 0 Å². The molecule has 0 saturated heterocycles. The second-order valence-electron chi connectivity index (χ2n) is 21.9.